The van der Waals surface area contributed by atoms with Gasteiger partial charge in [0.25, 0.3) is 0 Å². The van der Waals surface area contributed by atoms with Gasteiger partial charge in [-0.15, -0.1) is 0 Å². The molecular weight excluding hydrogens is 148 g/mol. The molecule has 2 heteroatoms. The van der Waals surface area contributed by atoms with Crippen LogP contribution in [0.2, 0.25) is 0 Å². The number of aryl methyl sites for hydroxylation is 2. The van der Waals surface area contributed by atoms with E-state index >= 15 is 0 Å². The van der Waals surface area contributed by atoms with Gasteiger partial charge in [-0.1, -0.05) is 6.92 Å². The van der Waals surface area contributed by atoms with Crippen molar-refractivity contribution in [2.75, 3.05) is 0 Å². The minimum absolute atomic E-state index is 1.00. The van der Waals surface area contributed by atoms with Crippen molar-refractivity contribution in [3.05, 3.63) is 35.9 Å². The summed E-state index contributed by atoms with van der Waals surface area (Å²) in [7, 11) is 0. The molecule has 0 saturated heterocycles. The predicted molar refractivity (Wildman–Crippen MR) is 49.3 cm³/mol. The molecular formula is C10H12N2. The molecule has 0 atom stereocenters. The van der Waals surface area contributed by atoms with Crippen LogP contribution in [-0.4, -0.2) is 9.38 Å². The summed E-state index contributed by atoms with van der Waals surface area (Å²) in [4.78, 5) is 4.46. The van der Waals surface area contributed by atoms with Crippen molar-refractivity contribution in [1.29, 1.82) is 0 Å². The van der Waals surface area contributed by atoms with Crippen molar-refractivity contribution in [3.8, 4) is 0 Å². The zero-order chi connectivity index (χ0) is 8.55. The highest BCUT2D eigenvalue weighted by atomic mass is 15.0. The Morgan fingerprint density at radius 3 is 3.08 bits per heavy atom. The van der Waals surface area contributed by atoms with Gasteiger partial charge in [-0.25, -0.2) is 4.98 Å². The summed E-state index contributed by atoms with van der Waals surface area (Å²) in [5, 5.41) is 0. The van der Waals surface area contributed by atoms with Gasteiger partial charge < -0.3 is 4.40 Å². The summed E-state index contributed by atoms with van der Waals surface area (Å²) in [6, 6.07) is 6.28. The molecule has 0 radical (unpaired) electrons. The van der Waals surface area contributed by atoms with Gasteiger partial charge in [-0.3, -0.25) is 0 Å². The van der Waals surface area contributed by atoms with E-state index in [1.807, 2.05) is 19.2 Å². The van der Waals surface area contributed by atoms with E-state index in [0.29, 0.717) is 0 Å². The van der Waals surface area contributed by atoms with Gasteiger partial charge in [0.2, 0.25) is 0 Å². The maximum atomic E-state index is 4.46. The van der Waals surface area contributed by atoms with Crippen LogP contribution in [0.25, 0.3) is 5.52 Å². The van der Waals surface area contributed by atoms with Crippen molar-refractivity contribution < 1.29 is 0 Å². The first-order chi connectivity index (χ1) is 5.81. The highest BCUT2D eigenvalue weighted by Crippen LogP contribution is 2.08. The van der Waals surface area contributed by atoms with Gasteiger partial charge in [-0.2, -0.15) is 0 Å². The third kappa shape index (κ3) is 0.998. The van der Waals surface area contributed by atoms with Crippen LogP contribution in [0.4, 0.5) is 0 Å². The van der Waals surface area contributed by atoms with E-state index in [2.05, 4.69) is 28.4 Å². The van der Waals surface area contributed by atoms with Crippen LogP contribution in [0, 0.1) is 6.92 Å². The minimum Gasteiger partial charge on any atom is -0.305 e. The molecule has 0 N–H and O–H groups in total. The molecule has 2 nitrogen and oxygen atoms in total. The third-order valence-electron chi connectivity index (χ3n) is 2.11. The quantitative estimate of drug-likeness (QED) is 0.625. The molecule has 12 heavy (non-hydrogen) atoms. The SMILES string of the molecule is CCc1cc2cccn2c(C)n1. The highest BCUT2D eigenvalue weighted by Gasteiger charge is 1.98. The summed E-state index contributed by atoms with van der Waals surface area (Å²) in [5.74, 6) is 1.06. The molecule has 62 valence electrons. The Morgan fingerprint density at radius 1 is 1.50 bits per heavy atom. The second-order valence-corrected chi connectivity index (χ2v) is 2.95. The fourth-order valence-corrected chi connectivity index (χ4v) is 1.45. The first-order valence-corrected chi connectivity index (χ1v) is 4.25. The number of fused-ring (bicyclic) bond motifs is 1. The molecule has 0 unspecified atom stereocenters. The average molecular weight is 160 g/mol. The van der Waals surface area contributed by atoms with E-state index < -0.39 is 0 Å². The van der Waals surface area contributed by atoms with Crippen LogP contribution < -0.4 is 0 Å². The number of nitrogens with zero attached hydrogens (tertiary/aromatic N) is 2. The fourth-order valence-electron chi connectivity index (χ4n) is 1.45. The van der Waals surface area contributed by atoms with Crippen LogP contribution in [-0.2, 0) is 6.42 Å². The van der Waals surface area contributed by atoms with E-state index in [9.17, 15) is 0 Å². The molecule has 0 aliphatic carbocycles. The Labute approximate surface area is 71.9 Å². The number of aromatic nitrogens is 2. The smallest absolute Gasteiger partial charge is 0.110 e. The zero-order valence-corrected chi connectivity index (χ0v) is 7.41. The Bertz CT molecular complexity index is 401. The lowest BCUT2D eigenvalue weighted by Crippen LogP contribution is -1.97. The Balaban J connectivity index is 2.75. The lowest BCUT2D eigenvalue weighted by Gasteiger charge is -2.02. The van der Waals surface area contributed by atoms with E-state index in [-0.39, 0.29) is 0 Å². The van der Waals surface area contributed by atoms with Crippen LogP contribution in [0.15, 0.2) is 24.4 Å². The van der Waals surface area contributed by atoms with Crippen LogP contribution in [0.3, 0.4) is 0 Å². The second kappa shape index (κ2) is 2.63. The van der Waals surface area contributed by atoms with Crippen molar-refractivity contribution in [1.82, 2.24) is 9.38 Å². The second-order valence-electron chi connectivity index (χ2n) is 2.95. The lowest BCUT2D eigenvalue weighted by atomic mass is 10.3. The molecule has 0 saturated carbocycles. The van der Waals surface area contributed by atoms with Gasteiger partial charge >= 0.3 is 0 Å². The van der Waals surface area contributed by atoms with Gasteiger partial charge in [0.05, 0.1) is 0 Å². The summed E-state index contributed by atoms with van der Waals surface area (Å²) < 4.78 is 2.10. The highest BCUT2D eigenvalue weighted by molar-refractivity contribution is 5.48. The average Bonchev–Trinajstić information content (AvgIpc) is 2.52. The van der Waals surface area contributed by atoms with Crippen LogP contribution in [0.5, 0.6) is 0 Å². The minimum atomic E-state index is 1.00. The van der Waals surface area contributed by atoms with Gasteiger partial charge in [-0.05, 0) is 31.5 Å². The van der Waals surface area contributed by atoms with E-state index in [1.165, 1.54) is 11.2 Å². The Morgan fingerprint density at radius 2 is 2.33 bits per heavy atom. The maximum absolute atomic E-state index is 4.46. The zero-order valence-electron chi connectivity index (χ0n) is 7.41. The maximum Gasteiger partial charge on any atom is 0.110 e. The fraction of sp³-hybridized carbons (Fsp3) is 0.300. The summed E-state index contributed by atoms with van der Waals surface area (Å²) in [6.07, 6.45) is 3.04. The van der Waals surface area contributed by atoms with E-state index in [4.69, 9.17) is 0 Å². The van der Waals surface area contributed by atoms with E-state index in [1.54, 1.807) is 0 Å². The first kappa shape index (κ1) is 7.35. The monoisotopic (exact) mass is 160 g/mol. The van der Waals surface area contributed by atoms with Gasteiger partial charge in [0.15, 0.2) is 0 Å². The third-order valence-corrected chi connectivity index (χ3v) is 2.11. The molecule has 0 spiro atoms. The van der Waals surface area contributed by atoms with Crippen molar-refractivity contribution >= 4 is 5.52 Å². The first-order valence-electron chi connectivity index (χ1n) is 4.25. The predicted octanol–water partition coefficient (Wildman–Crippen LogP) is 2.21. The molecule has 0 fully saturated rings. The number of rotatable bonds is 1. The van der Waals surface area contributed by atoms with Gasteiger partial charge in [0.1, 0.15) is 5.82 Å². The summed E-state index contributed by atoms with van der Waals surface area (Å²) >= 11 is 0. The molecule has 0 aliphatic heterocycles. The molecule has 2 aromatic heterocycles. The molecule has 0 amide bonds. The van der Waals surface area contributed by atoms with Crippen molar-refractivity contribution in [2.45, 2.75) is 20.3 Å². The number of hydrogen-bond donors (Lipinski definition) is 0. The van der Waals surface area contributed by atoms with Crippen molar-refractivity contribution in [2.24, 2.45) is 0 Å². The molecule has 0 bridgehead atoms. The molecule has 2 rings (SSSR count). The standard InChI is InChI=1S/C10H12N2/c1-3-9-7-10-5-4-6-12(10)8(2)11-9/h4-7H,3H2,1-2H3. The van der Waals surface area contributed by atoms with Gasteiger partial charge in [0, 0.05) is 17.4 Å². The Kier molecular flexibility index (Phi) is 1.61. The topological polar surface area (TPSA) is 17.3 Å². The normalized spacial score (nSPS) is 10.8. The van der Waals surface area contributed by atoms with Crippen molar-refractivity contribution in [3.63, 3.8) is 0 Å². The number of hydrogen-bond acceptors (Lipinski definition) is 1. The Hall–Kier alpha value is -1.31. The van der Waals surface area contributed by atoms with Crippen LogP contribution in [0.1, 0.15) is 18.4 Å². The van der Waals surface area contributed by atoms with E-state index in [0.717, 1.165) is 12.2 Å². The summed E-state index contributed by atoms with van der Waals surface area (Å²) in [6.45, 7) is 4.16. The molecule has 2 aromatic rings. The largest absolute Gasteiger partial charge is 0.305 e. The summed E-state index contributed by atoms with van der Waals surface area (Å²) in [5.41, 5.74) is 2.40. The molecule has 2 heterocycles. The molecule has 0 aromatic carbocycles. The van der Waals surface area contributed by atoms with Crippen LogP contribution >= 0.6 is 0 Å². The lowest BCUT2D eigenvalue weighted by molar-refractivity contribution is 0.924. The molecule has 0 aliphatic rings.